The first-order valence-electron chi connectivity index (χ1n) is 7.20. The maximum Gasteiger partial charge on any atom is 0.416 e. The number of aryl methyl sites for hydroxylation is 1. The molecule has 1 aliphatic carbocycles. The van der Waals surface area contributed by atoms with Crippen molar-refractivity contribution in [3.05, 3.63) is 34.9 Å². The summed E-state index contributed by atoms with van der Waals surface area (Å²) >= 11 is 0. The minimum absolute atomic E-state index is 0.210. The zero-order valence-corrected chi connectivity index (χ0v) is 11.9. The lowest BCUT2D eigenvalue weighted by Crippen LogP contribution is -2.54. The van der Waals surface area contributed by atoms with Crippen LogP contribution in [0.15, 0.2) is 18.2 Å². The predicted octanol–water partition coefficient (Wildman–Crippen LogP) is 3.74. The van der Waals surface area contributed by atoms with Gasteiger partial charge in [-0.05, 0) is 49.3 Å². The van der Waals surface area contributed by atoms with Gasteiger partial charge in [-0.2, -0.15) is 13.2 Å². The normalized spacial score (nSPS) is 24.2. The molecule has 2 nitrogen and oxygen atoms in total. The van der Waals surface area contributed by atoms with Crippen molar-refractivity contribution < 1.29 is 18.0 Å². The molecule has 3 rings (SSSR count). The number of benzene rings is 1. The van der Waals surface area contributed by atoms with Gasteiger partial charge >= 0.3 is 6.18 Å². The first kappa shape index (κ1) is 14.4. The molecule has 0 aromatic heterocycles. The van der Waals surface area contributed by atoms with E-state index in [1.54, 1.807) is 17.0 Å². The molecule has 1 unspecified atom stereocenters. The molecule has 1 spiro atoms. The summed E-state index contributed by atoms with van der Waals surface area (Å²) in [6.45, 7) is 3.12. The fourth-order valence-corrected chi connectivity index (χ4v) is 3.93. The standard InChI is InChI=1S/C16H18F3NO/c1-11-6-12(2-3-14(11)16(17,18)19)13-4-5-15(7-13)8-20(9-15)10-21/h2-3,6,10,13H,4-5,7-9H2,1H3. The van der Waals surface area contributed by atoms with Crippen LogP contribution >= 0.6 is 0 Å². The Morgan fingerprint density at radius 2 is 2.05 bits per heavy atom. The molecule has 21 heavy (non-hydrogen) atoms. The van der Waals surface area contributed by atoms with Crippen LogP contribution in [0.3, 0.4) is 0 Å². The molecule has 1 saturated carbocycles. The number of hydrogen-bond donors (Lipinski definition) is 0. The number of amides is 1. The molecule has 1 saturated heterocycles. The molecule has 2 fully saturated rings. The molecule has 1 aromatic carbocycles. The maximum atomic E-state index is 12.8. The number of likely N-dealkylation sites (tertiary alicyclic amines) is 1. The van der Waals surface area contributed by atoms with Crippen molar-refractivity contribution in [3.8, 4) is 0 Å². The second-order valence-electron chi connectivity index (χ2n) is 6.52. The summed E-state index contributed by atoms with van der Waals surface area (Å²) in [7, 11) is 0. The van der Waals surface area contributed by atoms with Gasteiger partial charge in [0.25, 0.3) is 0 Å². The van der Waals surface area contributed by atoms with E-state index in [4.69, 9.17) is 0 Å². The van der Waals surface area contributed by atoms with Crippen LogP contribution in [0, 0.1) is 12.3 Å². The molecule has 1 aromatic rings. The van der Waals surface area contributed by atoms with Crippen LogP contribution in [-0.2, 0) is 11.0 Å². The van der Waals surface area contributed by atoms with E-state index in [-0.39, 0.29) is 5.41 Å². The molecule has 1 amide bonds. The maximum absolute atomic E-state index is 12.8. The fourth-order valence-electron chi connectivity index (χ4n) is 3.93. The van der Waals surface area contributed by atoms with Crippen LogP contribution in [0.4, 0.5) is 13.2 Å². The number of rotatable bonds is 2. The highest BCUT2D eigenvalue weighted by Crippen LogP contribution is 2.51. The third-order valence-electron chi connectivity index (χ3n) is 4.96. The molecule has 1 atom stereocenters. The lowest BCUT2D eigenvalue weighted by molar-refractivity contribution is -0.138. The average Bonchev–Trinajstić information content (AvgIpc) is 2.80. The lowest BCUT2D eigenvalue weighted by atomic mass is 9.77. The highest BCUT2D eigenvalue weighted by molar-refractivity contribution is 5.49. The largest absolute Gasteiger partial charge is 0.416 e. The quantitative estimate of drug-likeness (QED) is 0.762. The van der Waals surface area contributed by atoms with Crippen molar-refractivity contribution in [1.29, 1.82) is 0 Å². The first-order chi connectivity index (χ1) is 9.83. The van der Waals surface area contributed by atoms with Crippen molar-refractivity contribution in [3.63, 3.8) is 0 Å². The minimum Gasteiger partial charge on any atom is -0.344 e. The average molecular weight is 297 g/mol. The van der Waals surface area contributed by atoms with Crippen LogP contribution in [0.2, 0.25) is 0 Å². The van der Waals surface area contributed by atoms with Gasteiger partial charge in [0.1, 0.15) is 0 Å². The van der Waals surface area contributed by atoms with Crippen LogP contribution < -0.4 is 0 Å². The summed E-state index contributed by atoms with van der Waals surface area (Å²) in [6, 6.07) is 4.51. The van der Waals surface area contributed by atoms with E-state index < -0.39 is 11.7 Å². The number of alkyl halides is 3. The van der Waals surface area contributed by atoms with Crippen LogP contribution in [0.1, 0.15) is 41.9 Å². The van der Waals surface area contributed by atoms with Crippen molar-refractivity contribution in [2.75, 3.05) is 13.1 Å². The van der Waals surface area contributed by atoms with Gasteiger partial charge in [0.15, 0.2) is 0 Å². The Morgan fingerprint density at radius 3 is 2.62 bits per heavy atom. The molecule has 1 heterocycles. The van der Waals surface area contributed by atoms with Crippen LogP contribution in [0.5, 0.6) is 0 Å². The van der Waals surface area contributed by atoms with Gasteiger partial charge in [0.2, 0.25) is 6.41 Å². The van der Waals surface area contributed by atoms with Crippen molar-refractivity contribution in [1.82, 2.24) is 4.90 Å². The molecule has 0 radical (unpaired) electrons. The van der Waals surface area contributed by atoms with E-state index in [2.05, 4.69) is 0 Å². The summed E-state index contributed by atoms with van der Waals surface area (Å²) in [5.74, 6) is 0.319. The summed E-state index contributed by atoms with van der Waals surface area (Å²) in [6.07, 6.45) is -0.374. The second-order valence-corrected chi connectivity index (χ2v) is 6.52. The molecular formula is C16H18F3NO. The smallest absolute Gasteiger partial charge is 0.344 e. The summed E-state index contributed by atoms with van der Waals surface area (Å²) < 4.78 is 38.4. The Bertz CT molecular complexity index is 561. The SMILES string of the molecule is Cc1cc(C2CCC3(C2)CN(C=O)C3)ccc1C(F)(F)F. The number of halogens is 3. The highest BCUT2D eigenvalue weighted by atomic mass is 19.4. The lowest BCUT2D eigenvalue weighted by Gasteiger charge is -2.46. The van der Waals surface area contributed by atoms with E-state index in [1.165, 1.54) is 13.0 Å². The summed E-state index contributed by atoms with van der Waals surface area (Å²) in [5, 5.41) is 0. The van der Waals surface area contributed by atoms with E-state index in [1.807, 2.05) is 0 Å². The Balaban J connectivity index is 1.74. The zero-order chi connectivity index (χ0) is 15.3. The predicted molar refractivity (Wildman–Crippen MR) is 72.8 cm³/mol. The Morgan fingerprint density at radius 1 is 1.33 bits per heavy atom. The van der Waals surface area contributed by atoms with Gasteiger partial charge in [-0.15, -0.1) is 0 Å². The van der Waals surface area contributed by atoms with Gasteiger partial charge in [-0.1, -0.05) is 12.1 Å². The molecule has 114 valence electrons. The Kier molecular flexibility index (Phi) is 3.26. The van der Waals surface area contributed by atoms with Crippen molar-refractivity contribution >= 4 is 6.41 Å². The topological polar surface area (TPSA) is 20.3 Å². The highest BCUT2D eigenvalue weighted by Gasteiger charge is 2.48. The minimum atomic E-state index is -4.28. The first-order valence-corrected chi connectivity index (χ1v) is 7.20. The molecule has 1 aliphatic heterocycles. The monoisotopic (exact) mass is 297 g/mol. The van der Waals surface area contributed by atoms with Crippen molar-refractivity contribution in [2.24, 2.45) is 5.41 Å². The molecule has 0 bridgehead atoms. The van der Waals surface area contributed by atoms with Crippen LogP contribution in [-0.4, -0.2) is 24.4 Å². The van der Waals surface area contributed by atoms with Crippen LogP contribution in [0.25, 0.3) is 0 Å². The van der Waals surface area contributed by atoms with Gasteiger partial charge in [0, 0.05) is 18.5 Å². The third kappa shape index (κ3) is 2.54. The number of hydrogen-bond acceptors (Lipinski definition) is 1. The van der Waals surface area contributed by atoms with Gasteiger partial charge in [-0.3, -0.25) is 4.79 Å². The number of nitrogens with zero attached hydrogens (tertiary/aromatic N) is 1. The summed E-state index contributed by atoms with van der Waals surface area (Å²) in [5.41, 5.74) is 0.961. The third-order valence-corrected chi connectivity index (χ3v) is 4.96. The number of carbonyl (C=O) groups is 1. The molecule has 5 heteroatoms. The Hall–Kier alpha value is -1.52. The number of carbonyl (C=O) groups excluding carboxylic acids is 1. The summed E-state index contributed by atoms with van der Waals surface area (Å²) in [4.78, 5) is 12.4. The van der Waals surface area contributed by atoms with E-state index in [0.29, 0.717) is 11.5 Å². The zero-order valence-electron chi connectivity index (χ0n) is 11.9. The second kappa shape index (κ2) is 4.75. The molecular weight excluding hydrogens is 279 g/mol. The van der Waals surface area contributed by atoms with Gasteiger partial charge < -0.3 is 4.90 Å². The molecule has 0 N–H and O–H groups in total. The fraction of sp³-hybridized carbons (Fsp3) is 0.562. The van der Waals surface area contributed by atoms with E-state index >= 15 is 0 Å². The van der Waals surface area contributed by atoms with Crippen molar-refractivity contribution in [2.45, 2.75) is 38.3 Å². The Labute approximate surface area is 121 Å². The van der Waals surface area contributed by atoms with E-state index in [9.17, 15) is 18.0 Å². The van der Waals surface area contributed by atoms with Gasteiger partial charge in [0.05, 0.1) is 5.56 Å². The molecule has 2 aliphatic rings. The van der Waals surface area contributed by atoms with E-state index in [0.717, 1.165) is 44.3 Å². The van der Waals surface area contributed by atoms with Gasteiger partial charge in [-0.25, -0.2) is 0 Å².